The van der Waals surface area contributed by atoms with Gasteiger partial charge in [0.2, 0.25) is 5.91 Å². The van der Waals surface area contributed by atoms with Gasteiger partial charge in [-0.15, -0.1) is 11.3 Å². The maximum atomic E-state index is 12.9. The molecule has 0 atom stereocenters. The molecule has 2 N–H and O–H groups in total. The monoisotopic (exact) mass is 358 g/mol. The van der Waals surface area contributed by atoms with E-state index in [9.17, 15) is 9.59 Å². The standard InChI is InChI=1S/C19H22N2O3S/c1-3-16(22)21-19-17(14-6-4-5-7-15(14)25-19)18(23)20-12-8-10-13(24-2)11-9-12/h8-11H,3-7H2,1-2H3,(H,20,23)(H,21,22). The van der Waals surface area contributed by atoms with Gasteiger partial charge in [-0.3, -0.25) is 9.59 Å². The number of ether oxygens (including phenoxy) is 1. The van der Waals surface area contributed by atoms with Crippen molar-refractivity contribution in [2.75, 3.05) is 17.7 Å². The van der Waals surface area contributed by atoms with Crippen LogP contribution in [0.25, 0.3) is 0 Å². The van der Waals surface area contributed by atoms with Crippen molar-refractivity contribution in [1.29, 1.82) is 0 Å². The van der Waals surface area contributed by atoms with Crippen molar-refractivity contribution in [1.82, 2.24) is 0 Å². The van der Waals surface area contributed by atoms with Gasteiger partial charge in [0.15, 0.2) is 0 Å². The van der Waals surface area contributed by atoms with Crippen molar-refractivity contribution in [3.63, 3.8) is 0 Å². The van der Waals surface area contributed by atoms with Crippen molar-refractivity contribution < 1.29 is 14.3 Å². The molecule has 25 heavy (non-hydrogen) atoms. The number of nitrogens with one attached hydrogen (secondary N) is 2. The van der Waals surface area contributed by atoms with Gasteiger partial charge in [0.1, 0.15) is 10.8 Å². The van der Waals surface area contributed by atoms with Crippen LogP contribution in [0.4, 0.5) is 10.7 Å². The third-order valence-corrected chi connectivity index (χ3v) is 5.53. The molecular formula is C19H22N2O3S. The van der Waals surface area contributed by atoms with Gasteiger partial charge in [0, 0.05) is 17.0 Å². The fraction of sp³-hybridized carbons (Fsp3) is 0.368. The van der Waals surface area contributed by atoms with E-state index in [2.05, 4.69) is 10.6 Å². The first-order valence-corrected chi connectivity index (χ1v) is 9.33. The van der Waals surface area contributed by atoms with Gasteiger partial charge >= 0.3 is 0 Å². The van der Waals surface area contributed by atoms with Crippen molar-refractivity contribution >= 4 is 33.8 Å². The Morgan fingerprint density at radius 2 is 1.84 bits per heavy atom. The van der Waals surface area contributed by atoms with E-state index in [0.717, 1.165) is 37.0 Å². The van der Waals surface area contributed by atoms with Crippen molar-refractivity contribution in [2.24, 2.45) is 0 Å². The lowest BCUT2D eigenvalue weighted by molar-refractivity contribution is -0.115. The molecule has 0 unspecified atom stereocenters. The fourth-order valence-corrected chi connectivity index (χ4v) is 4.28. The molecular weight excluding hydrogens is 336 g/mol. The summed E-state index contributed by atoms with van der Waals surface area (Å²) in [6.45, 7) is 1.81. The highest BCUT2D eigenvalue weighted by Crippen LogP contribution is 2.38. The Balaban J connectivity index is 1.89. The van der Waals surface area contributed by atoms with Crippen LogP contribution in [0.5, 0.6) is 5.75 Å². The summed E-state index contributed by atoms with van der Waals surface area (Å²) < 4.78 is 5.14. The van der Waals surface area contributed by atoms with E-state index >= 15 is 0 Å². The number of hydrogen-bond acceptors (Lipinski definition) is 4. The van der Waals surface area contributed by atoms with Crippen LogP contribution >= 0.6 is 11.3 Å². The van der Waals surface area contributed by atoms with Crippen LogP contribution in [0.1, 0.15) is 47.0 Å². The highest BCUT2D eigenvalue weighted by molar-refractivity contribution is 7.17. The number of methoxy groups -OCH3 is 1. The lowest BCUT2D eigenvalue weighted by Crippen LogP contribution is -2.18. The molecule has 0 saturated carbocycles. The minimum absolute atomic E-state index is 0.0721. The van der Waals surface area contributed by atoms with Crippen LogP contribution in [-0.2, 0) is 17.6 Å². The summed E-state index contributed by atoms with van der Waals surface area (Å²) in [5.41, 5.74) is 2.42. The summed E-state index contributed by atoms with van der Waals surface area (Å²) >= 11 is 1.54. The summed E-state index contributed by atoms with van der Waals surface area (Å²) in [5.74, 6) is 0.495. The number of hydrogen-bond donors (Lipinski definition) is 2. The minimum atomic E-state index is -0.170. The first-order valence-electron chi connectivity index (χ1n) is 8.52. The van der Waals surface area contributed by atoms with E-state index in [4.69, 9.17) is 4.74 Å². The number of amides is 2. The Hall–Kier alpha value is -2.34. The van der Waals surface area contributed by atoms with Gasteiger partial charge in [-0.2, -0.15) is 0 Å². The van der Waals surface area contributed by atoms with Gasteiger partial charge in [-0.25, -0.2) is 0 Å². The smallest absolute Gasteiger partial charge is 0.258 e. The summed E-state index contributed by atoms with van der Waals surface area (Å²) in [6.07, 6.45) is 4.47. The van der Waals surface area contributed by atoms with Gasteiger partial charge in [0.25, 0.3) is 5.91 Å². The van der Waals surface area contributed by atoms with Crippen LogP contribution in [0.2, 0.25) is 0 Å². The average molecular weight is 358 g/mol. The van der Waals surface area contributed by atoms with Crippen LogP contribution in [0.15, 0.2) is 24.3 Å². The molecule has 2 amide bonds. The summed E-state index contributed by atoms with van der Waals surface area (Å²) in [7, 11) is 1.61. The first-order chi connectivity index (χ1) is 12.1. The average Bonchev–Trinajstić information content (AvgIpc) is 3.00. The SMILES string of the molecule is CCC(=O)Nc1sc2c(c1C(=O)Nc1ccc(OC)cc1)CCCC2. The highest BCUT2D eigenvalue weighted by atomic mass is 32.1. The minimum Gasteiger partial charge on any atom is -0.497 e. The van der Waals surface area contributed by atoms with E-state index in [0.29, 0.717) is 22.7 Å². The van der Waals surface area contributed by atoms with Crippen molar-refractivity contribution in [3.8, 4) is 5.75 Å². The third kappa shape index (κ3) is 3.85. The zero-order valence-electron chi connectivity index (χ0n) is 14.5. The number of fused-ring (bicyclic) bond motifs is 1. The molecule has 0 radical (unpaired) electrons. The molecule has 1 aliphatic rings. The Bertz CT molecular complexity index is 781. The molecule has 0 saturated heterocycles. The molecule has 1 aromatic heterocycles. The molecule has 1 aromatic carbocycles. The molecule has 3 rings (SSSR count). The topological polar surface area (TPSA) is 67.4 Å². The molecule has 0 spiro atoms. The Labute approximate surface area is 151 Å². The fourth-order valence-electron chi connectivity index (χ4n) is 2.98. The molecule has 1 heterocycles. The van der Waals surface area contributed by atoms with E-state index in [1.165, 1.54) is 16.2 Å². The van der Waals surface area contributed by atoms with Gasteiger partial charge in [0.05, 0.1) is 12.7 Å². The van der Waals surface area contributed by atoms with Crippen LogP contribution in [0.3, 0.4) is 0 Å². The zero-order valence-corrected chi connectivity index (χ0v) is 15.3. The van der Waals surface area contributed by atoms with Gasteiger partial charge < -0.3 is 15.4 Å². The quantitative estimate of drug-likeness (QED) is 0.840. The molecule has 5 nitrogen and oxygen atoms in total. The van der Waals surface area contributed by atoms with E-state index < -0.39 is 0 Å². The number of carbonyl (C=O) groups is 2. The van der Waals surface area contributed by atoms with Gasteiger partial charge in [-0.05, 0) is 55.5 Å². The van der Waals surface area contributed by atoms with E-state index in [1.807, 2.05) is 0 Å². The summed E-state index contributed by atoms with van der Waals surface area (Å²) in [6, 6.07) is 7.22. The molecule has 2 aromatic rings. The second-order valence-electron chi connectivity index (χ2n) is 6.00. The molecule has 0 fully saturated rings. The molecule has 0 bridgehead atoms. The number of anilines is 2. The normalized spacial score (nSPS) is 13.0. The van der Waals surface area contributed by atoms with Crippen molar-refractivity contribution in [2.45, 2.75) is 39.0 Å². The Morgan fingerprint density at radius 3 is 2.52 bits per heavy atom. The second kappa shape index (κ2) is 7.70. The number of carbonyl (C=O) groups excluding carboxylic acids is 2. The highest BCUT2D eigenvalue weighted by Gasteiger charge is 2.26. The molecule has 0 aliphatic heterocycles. The van der Waals surface area contributed by atoms with Crippen LogP contribution < -0.4 is 15.4 Å². The number of benzene rings is 1. The zero-order chi connectivity index (χ0) is 17.8. The first kappa shape index (κ1) is 17.5. The third-order valence-electron chi connectivity index (χ3n) is 4.32. The Kier molecular flexibility index (Phi) is 5.38. The predicted molar refractivity (Wildman–Crippen MR) is 101 cm³/mol. The second-order valence-corrected chi connectivity index (χ2v) is 7.10. The van der Waals surface area contributed by atoms with E-state index in [1.54, 1.807) is 38.3 Å². The lowest BCUT2D eigenvalue weighted by Gasteiger charge is -2.13. The van der Waals surface area contributed by atoms with Crippen molar-refractivity contribution in [3.05, 3.63) is 40.3 Å². The molecule has 1 aliphatic carbocycles. The molecule has 132 valence electrons. The van der Waals surface area contributed by atoms with Gasteiger partial charge in [-0.1, -0.05) is 6.92 Å². The summed E-state index contributed by atoms with van der Waals surface area (Å²) in [4.78, 5) is 26.0. The van der Waals surface area contributed by atoms with E-state index in [-0.39, 0.29) is 11.8 Å². The largest absolute Gasteiger partial charge is 0.497 e. The number of aryl methyl sites for hydroxylation is 1. The predicted octanol–water partition coefficient (Wildman–Crippen LogP) is 4.24. The Morgan fingerprint density at radius 1 is 1.12 bits per heavy atom. The maximum absolute atomic E-state index is 12.9. The maximum Gasteiger partial charge on any atom is 0.258 e. The van der Waals surface area contributed by atoms with Crippen LogP contribution in [-0.4, -0.2) is 18.9 Å². The number of thiophene rings is 1. The lowest BCUT2D eigenvalue weighted by atomic mass is 9.95. The van der Waals surface area contributed by atoms with Crippen LogP contribution in [0, 0.1) is 0 Å². The summed E-state index contributed by atoms with van der Waals surface area (Å²) in [5, 5.41) is 6.51. The number of rotatable bonds is 5. The molecule has 6 heteroatoms.